The summed E-state index contributed by atoms with van der Waals surface area (Å²) in [5, 5.41) is 2.18. The van der Waals surface area contributed by atoms with Crippen LogP contribution in [-0.4, -0.2) is 40.8 Å². The van der Waals surface area contributed by atoms with E-state index in [1.54, 1.807) is 0 Å². The lowest BCUT2D eigenvalue weighted by Crippen LogP contribution is -2.52. The van der Waals surface area contributed by atoms with Gasteiger partial charge in [0.1, 0.15) is 17.6 Å². The summed E-state index contributed by atoms with van der Waals surface area (Å²) in [5.74, 6) is -10.2. The molecule has 37 heavy (non-hydrogen) atoms. The number of aryl methyl sites for hydroxylation is 1. The van der Waals surface area contributed by atoms with Gasteiger partial charge in [-0.05, 0) is 42.2 Å². The fraction of sp³-hybridized carbons (Fsp3) is 0.333. The third-order valence-electron chi connectivity index (χ3n) is 6.09. The Balaban J connectivity index is 1.42. The Labute approximate surface area is 205 Å². The second-order valence-corrected chi connectivity index (χ2v) is 8.58. The van der Waals surface area contributed by atoms with E-state index in [1.807, 2.05) is 0 Å². The van der Waals surface area contributed by atoms with Crippen LogP contribution in [0, 0.1) is 5.82 Å². The Morgan fingerprint density at radius 3 is 2.43 bits per heavy atom. The van der Waals surface area contributed by atoms with Gasteiger partial charge in [-0.2, -0.15) is 8.78 Å². The van der Waals surface area contributed by atoms with Crippen molar-refractivity contribution in [2.45, 2.75) is 50.6 Å². The van der Waals surface area contributed by atoms with E-state index in [-0.39, 0.29) is 31.9 Å². The van der Waals surface area contributed by atoms with Crippen LogP contribution < -0.4 is 10.1 Å². The summed E-state index contributed by atoms with van der Waals surface area (Å²) in [6.07, 6.45) is -5.81. The van der Waals surface area contributed by atoms with Crippen LogP contribution >= 0.6 is 0 Å². The zero-order valence-electron chi connectivity index (χ0n) is 18.8. The maximum atomic E-state index is 14.6. The topological polar surface area (TPSA) is 92.8 Å². The summed E-state index contributed by atoms with van der Waals surface area (Å²) in [7, 11) is 0. The Hall–Kier alpha value is -3.90. The van der Waals surface area contributed by atoms with Gasteiger partial charge in [-0.25, -0.2) is 4.39 Å². The highest BCUT2D eigenvalue weighted by Gasteiger charge is 2.43. The molecule has 0 aliphatic carbocycles. The summed E-state index contributed by atoms with van der Waals surface area (Å²) >= 11 is 0. The normalized spacial score (nSPS) is 18.1. The van der Waals surface area contributed by atoms with Crippen molar-refractivity contribution in [2.75, 3.05) is 0 Å². The van der Waals surface area contributed by atoms with Gasteiger partial charge in [-0.15, -0.1) is 13.2 Å². The molecule has 7 nitrogen and oxygen atoms in total. The van der Waals surface area contributed by atoms with Crippen molar-refractivity contribution >= 4 is 23.5 Å². The first-order valence-corrected chi connectivity index (χ1v) is 11.0. The Morgan fingerprint density at radius 1 is 1.05 bits per heavy atom. The minimum Gasteiger partial charge on any atom is -0.406 e. The lowest BCUT2D eigenvalue weighted by atomic mass is 9.97. The van der Waals surface area contributed by atoms with Gasteiger partial charge < -0.3 is 9.64 Å². The van der Waals surface area contributed by atoms with E-state index in [9.17, 15) is 45.5 Å². The molecule has 13 heteroatoms. The van der Waals surface area contributed by atoms with Crippen molar-refractivity contribution in [3.63, 3.8) is 0 Å². The Kier molecular flexibility index (Phi) is 6.74. The summed E-state index contributed by atoms with van der Waals surface area (Å²) < 4.78 is 83.6. The molecule has 2 heterocycles. The Morgan fingerprint density at radius 2 is 1.78 bits per heavy atom. The maximum absolute atomic E-state index is 14.6. The standard InChI is InChI=1S/C24H18F6N2O5/c25-17-10-14(37-24(28,29)30)3-5-16(17)23(26,27)19(33)7-2-12-1-4-15-13(9-12)11-32(22(15)36)18-6-8-20(34)31-21(18)35/h1,3-5,9-10,18H,2,6-8,11H2,(H,31,34,35). The number of hydrogen-bond acceptors (Lipinski definition) is 5. The number of hydrogen-bond donors (Lipinski definition) is 1. The highest BCUT2D eigenvalue weighted by atomic mass is 19.4. The molecule has 2 aliphatic heterocycles. The highest BCUT2D eigenvalue weighted by molar-refractivity contribution is 6.05. The van der Waals surface area contributed by atoms with E-state index in [0.717, 1.165) is 0 Å². The van der Waals surface area contributed by atoms with Crippen LogP contribution in [0.4, 0.5) is 26.3 Å². The van der Waals surface area contributed by atoms with Gasteiger partial charge in [-0.3, -0.25) is 24.5 Å². The van der Waals surface area contributed by atoms with Crippen molar-refractivity contribution in [2.24, 2.45) is 0 Å². The SMILES string of the molecule is O=C1CCC(N2Cc3cc(CCC(=O)C(F)(F)c4ccc(OC(F)(F)F)cc4F)ccc3C2=O)C(=O)N1. The number of carbonyl (C=O) groups excluding carboxylic acids is 4. The average molecular weight is 528 g/mol. The molecule has 2 aromatic rings. The number of piperidine rings is 1. The fourth-order valence-corrected chi connectivity index (χ4v) is 4.30. The summed E-state index contributed by atoms with van der Waals surface area (Å²) in [4.78, 5) is 49.8. The third kappa shape index (κ3) is 5.44. The van der Waals surface area contributed by atoms with Crippen LogP contribution in [0.2, 0.25) is 0 Å². The summed E-state index contributed by atoms with van der Waals surface area (Å²) in [5.41, 5.74) is -0.146. The first-order chi connectivity index (χ1) is 17.3. The predicted molar refractivity (Wildman–Crippen MR) is 113 cm³/mol. The zero-order chi connectivity index (χ0) is 27.1. The molecule has 2 aliphatic rings. The molecule has 1 fully saturated rings. The lowest BCUT2D eigenvalue weighted by molar-refractivity contribution is -0.274. The molecule has 0 saturated carbocycles. The van der Waals surface area contributed by atoms with Crippen molar-refractivity contribution < 1.29 is 50.3 Å². The number of rotatable bonds is 7. The predicted octanol–water partition coefficient (Wildman–Crippen LogP) is 3.78. The molecule has 196 valence electrons. The average Bonchev–Trinajstić information content (AvgIpc) is 3.11. The van der Waals surface area contributed by atoms with Crippen LogP contribution in [0.5, 0.6) is 5.75 Å². The molecule has 4 rings (SSSR count). The number of ether oxygens (including phenoxy) is 1. The van der Waals surface area contributed by atoms with Gasteiger partial charge in [0, 0.05) is 31.0 Å². The number of halogens is 6. The number of alkyl halides is 5. The first-order valence-electron chi connectivity index (χ1n) is 11.0. The molecule has 0 bridgehead atoms. The number of nitrogens with one attached hydrogen (secondary N) is 1. The van der Waals surface area contributed by atoms with E-state index >= 15 is 0 Å². The number of fused-ring (bicyclic) bond motifs is 1. The molecule has 1 atom stereocenters. The number of Topliss-reactive ketones (excluding diaryl/α,β-unsaturated/α-hetero) is 1. The van der Waals surface area contributed by atoms with Crippen LogP contribution in [0.25, 0.3) is 0 Å². The molecule has 0 spiro atoms. The lowest BCUT2D eigenvalue weighted by Gasteiger charge is -2.29. The van der Waals surface area contributed by atoms with Gasteiger partial charge in [-0.1, -0.05) is 12.1 Å². The van der Waals surface area contributed by atoms with E-state index in [4.69, 9.17) is 0 Å². The van der Waals surface area contributed by atoms with E-state index in [2.05, 4.69) is 10.1 Å². The first kappa shape index (κ1) is 26.2. The van der Waals surface area contributed by atoms with E-state index < -0.39 is 65.4 Å². The van der Waals surface area contributed by atoms with E-state index in [0.29, 0.717) is 28.8 Å². The second-order valence-electron chi connectivity index (χ2n) is 8.58. The molecule has 1 unspecified atom stereocenters. The molecule has 0 radical (unpaired) electrons. The van der Waals surface area contributed by atoms with Crippen LogP contribution in [-0.2, 0) is 33.3 Å². The molecule has 1 saturated heterocycles. The zero-order valence-corrected chi connectivity index (χ0v) is 18.8. The fourth-order valence-electron chi connectivity index (χ4n) is 4.30. The van der Waals surface area contributed by atoms with Crippen molar-refractivity contribution in [1.82, 2.24) is 10.2 Å². The molecule has 3 amide bonds. The number of imide groups is 1. The van der Waals surface area contributed by atoms with Gasteiger partial charge in [0.15, 0.2) is 0 Å². The molecular formula is C24H18F6N2O5. The van der Waals surface area contributed by atoms with Gasteiger partial charge in [0.25, 0.3) is 5.91 Å². The van der Waals surface area contributed by atoms with Gasteiger partial charge >= 0.3 is 12.3 Å². The smallest absolute Gasteiger partial charge is 0.406 e. The molecule has 1 N–H and O–H groups in total. The van der Waals surface area contributed by atoms with Crippen LogP contribution in [0.15, 0.2) is 36.4 Å². The highest BCUT2D eigenvalue weighted by Crippen LogP contribution is 2.35. The molecular weight excluding hydrogens is 510 g/mol. The molecule has 2 aromatic carbocycles. The number of carbonyl (C=O) groups is 4. The summed E-state index contributed by atoms with van der Waals surface area (Å²) in [6, 6.07) is 4.58. The minimum absolute atomic E-state index is 0.0515. The van der Waals surface area contributed by atoms with Crippen molar-refractivity contribution in [1.29, 1.82) is 0 Å². The number of amides is 3. The Bertz CT molecular complexity index is 1290. The maximum Gasteiger partial charge on any atom is 0.573 e. The minimum atomic E-state index is -5.15. The summed E-state index contributed by atoms with van der Waals surface area (Å²) in [6.45, 7) is 0.0515. The third-order valence-corrected chi connectivity index (χ3v) is 6.09. The largest absolute Gasteiger partial charge is 0.573 e. The number of ketones is 1. The van der Waals surface area contributed by atoms with E-state index in [1.165, 1.54) is 23.1 Å². The van der Waals surface area contributed by atoms with Crippen LogP contribution in [0.1, 0.15) is 46.3 Å². The van der Waals surface area contributed by atoms with Crippen molar-refractivity contribution in [3.8, 4) is 5.75 Å². The number of benzene rings is 2. The molecule has 0 aromatic heterocycles. The second kappa shape index (κ2) is 9.52. The van der Waals surface area contributed by atoms with Gasteiger partial charge in [0.2, 0.25) is 17.6 Å². The number of nitrogens with zero attached hydrogens (tertiary/aromatic N) is 1. The van der Waals surface area contributed by atoms with Crippen LogP contribution in [0.3, 0.4) is 0 Å². The quantitative estimate of drug-likeness (QED) is 0.436. The monoisotopic (exact) mass is 528 g/mol. The van der Waals surface area contributed by atoms with Gasteiger partial charge in [0.05, 0.1) is 5.56 Å². The van der Waals surface area contributed by atoms with Crippen molar-refractivity contribution in [3.05, 3.63) is 64.5 Å².